The van der Waals surface area contributed by atoms with Gasteiger partial charge >= 0.3 is 0 Å². The van der Waals surface area contributed by atoms with Crippen molar-refractivity contribution >= 4 is 5.91 Å². The van der Waals surface area contributed by atoms with Gasteiger partial charge in [-0.1, -0.05) is 42.5 Å². The fraction of sp³-hybridized carbons (Fsp3) is 0.278. The largest absolute Gasteiger partial charge is 0.508 e. The quantitative estimate of drug-likeness (QED) is 0.890. The molecule has 0 aromatic heterocycles. The molecular formula is C18H20N2O2. The molecule has 1 heterocycles. The molecule has 0 saturated carbocycles. The van der Waals surface area contributed by atoms with Gasteiger partial charge in [0.2, 0.25) is 5.91 Å². The summed E-state index contributed by atoms with van der Waals surface area (Å²) in [5, 5.41) is 12.7. The Morgan fingerprint density at radius 3 is 2.64 bits per heavy atom. The van der Waals surface area contributed by atoms with Gasteiger partial charge in [-0.25, -0.2) is 0 Å². The summed E-state index contributed by atoms with van der Waals surface area (Å²) in [6, 6.07) is 17.0. The average molecular weight is 296 g/mol. The first kappa shape index (κ1) is 14.6. The lowest BCUT2D eigenvalue weighted by atomic mass is 10.2. The second-order valence-corrected chi connectivity index (χ2v) is 5.64. The molecule has 2 aromatic carbocycles. The van der Waals surface area contributed by atoms with Crippen LogP contribution in [0.3, 0.4) is 0 Å². The van der Waals surface area contributed by atoms with Gasteiger partial charge in [-0.05, 0) is 29.7 Å². The van der Waals surface area contributed by atoms with Crippen LogP contribution in [0.15, 0.2) is 54.6 Å². The molecule has 0 aliphatic carbocycles. The first-order chi connectivity index (χ1) is 10.7. The number of hydrogen-bond acceptors (Lipinski definition) is 3. The molecule has 4 nitrogen and oxygen atoms in total. The number of likely N-dealkylation sites (tertiary alicyclic amines) is 1. The Bertz CT molecular complexity index is 643. The topological polar surface area (TPSA) is 52.6 Å². The fourth-order valence-corrected chi connectivity index (χ4v) is 2.80. The molecule has 1 amide bonds. The molecule has 1 aliphatic heterocycles. The van der Waals surface area contributed by atoms with Crippen LogP contribution < -0.4 is 5.32 Å². The van der Waals surface area contributed by atoms with Gasteiger partial charge in [-0.3, -0.25) is 4.79 Å². The minimum Gasteiger partial charge on any atom is -0.508 e. The van der Waals surface area contributed by atoms with E-state index in [1.165, 1.54) is 0 Å². The van der Waals surface area contributed by atoms with Gasteiger partial charge in [0, 0.05) is 19.6 Å². The summed E-state index contributed by atoms with van der Waals surface area (Å²) < 4.78 is 0. The van der Waals surface area contributed by atoms with Crippen molar-refractivity contribution in [3.8, 4) is 5.75 Å². The van der Waals surface area contributed by atoms with E-state index in [-0.39, 0.29) is 17.7 Å². The lowest BCUT2D eigenvalue weighted by Crippen LogP contribution is -2.37. The van der Waals surface area contributed by atoms with E-state index in [4.69, 9.17) is 0 Å². The van der Waals surface area contributed by atoms with Gasteiger partial charge < -0.3 is 15.3 Å². The van der Waals surface area contributed by atoms with Crippen molar-refractivity contribution in [1.29, 1.82) is 0 Å². The molecule has 22 heavy (non-hydrogen) atoms. The Morgan fingerprint density at radius 2 is 1.86 bits per heavy atom. The van der Waals surface area contributed by atoms with E-state index in [2.05, 4.69) is 5.32 Å². The maximum absolute atomic E-state index is 12.4. The Labute approximate surface area is 130 Å². The molecule has 1 atom stereocenters. The number of phenolic OH excluding ortho intramolecular Hbond substituents is 1. The molecule has 2 aromatic rings. The van der Waals surface area contributed by atoms with Crippen LogP contribution >= 0.6 is 0 Å². The minimum absolute atomic E-state index is 0.133. The van der Waals surface area contributed by atoms with Gasteiger partial charge in [-0.2, -0.15) is 0 Å². The van der Waals surface area contributed by atoms with E-state index < -0.39 is 0 Å². The number of phenols is 1. The number of carbonyl (C=O) groups is 1. The van der Waals surface area contributed by atoms with Gasteiger partial charge in [0.1, 0.15) is 5.75 Å². The van der Waals surface area contributed by atoms with E-state index in [1.54, 1.807) is 12.1 Å². The molecule has 3 rings (SSSR count). The number of carbonyl (C=O) groups excluding carboxylic acids is 1. The number of hydrogen-bond donors (Lipinski definition) is 2. The summed E-state index contributed by atoms with van der Waals surface area (Å²) in [6.07, 6.45) is 0.824. The Morgan fingerprint density at radius 1 is 1.09 bits per heavy atom. The third-order valence-corrected chi connectivity index (χ3v) is 3.98. The number of nitrogens with one attached hydrogen (secondary N) is 1. The molecule has 0 unspecified atom stereocenters. The lowest BCUT2D eigenvalue weighted by molar-refractivity contribution is -0.129. The van der Waals surface area contributed by atoms with E-state index in [0.29, 0.717) is 13.1 Å². The molecule has 1 fully saturated rings. The summed E-state index contributed by atoms with van der Waals surface area (Å²) in [4.78, 5) is 14.3. The predicted molar refractivity (Wildman–Crippen MR) is 85.2 cm³/mol. The van der Waals surface area contributed by atoms with Crippen LogP contribution in [-0.4, -0.2) is 28.5 Å². The van der Waals surface area contributed by atoms with E-state index in [9.17, 15) is 9.90 Å². The number of benzene rings is 2. The molecule has 2 N–H and O–H groups in total. The van der Waals surface area contributed by atoms with Crippen LogP contribution in [0, 0.1) is 0 Å². The van der Waals surface area contributed by atoms with E-state index in [0.717, 1.165) is 24.1 Å². The number of nitrogens with zero attached hydrogens (tertiary/aromatic N) is 1. The third kappa shape index (κ3) is 3.46. The number of rotatable bonds is 5. The highest BCUT2D eigenvalue weighted by molar-refractivity contribution is 5.83. The highest BCUT2D eigenvalue weighted by Gasteiger charge is 2.30. The summed E-state index contributed by atoms with van der Waals surface area (Å²) >= 11 is 0. The second-order valence-electron chi connectivity index (χ2n) is 5.64. The zero-order valence-electron chi connectivity index (χ0n) is 12.4. The van der Waals surface area contributed by atoms with Crippen LogP contribution in [0.2, 0.25) is 0 Å². The minimum atomic E-state index is -0.133. The van der Waals surface area contributed by atoms with Crippen molar-refractivity contribution < 1.29 is 9.90 Å². The zero-order valence-corrected chi connectivity index (χ0v) is 12.4. The molecule has 4 heteroatoms. The second kappa shape index (κ2) is 6.62. The molecule has 1 aliphatic rings. The van der Waals surface area contributed by atoms with E-state index >= 15 is 0 Å². The Hall–Kier alpha value is -2.33. The van der Waals surface area contributed by atoms with Crippen LogP contribution in [0.1, 0.15) is 17.5 Å². The summed E-state index contributed by atoms with van der Waals surface area (Å²) in [5.74, 6) is 0.409. The standard InChI is InChI=1S/C18H20N2O2/c21-16-8-4-7-15(11-16)12-19-17-9-10-20(18(17)22)13-14-5-2-1-3-6-14/h1-8,11,17,19,21H,9-10,12-13H2/t17-/m0/s1. The highest BCUT2D eigenvalue weighted by atomic mass is 16.3. The monoisotopic (exact) mass is 296 g/mol. The fourth-order valence-electron chi connectivity index (χ4n) is 2.80. The van der Waals surface area contributed by atoms with Crippen molar-refractivity contribution in [1.82, 2.24) is 10.2 Å². The number of amides is 1. The molecule has 114 valence electrons. The van der Waals surface area contributed by atoms with E-state index in [1.807, 2.05) is 47.4 Å². The van der Waals surface area contributed by atoms with Crippen molar-refractivity contribution in [2.24, 2.45) is 0 Å². The summed E-state index contributed by atoms with van der Waals surface area (Å²) in [7, 11) is 0. The predicted octanol–water partition coefficient (Wildman–Crippen LogP) is 2.28. The third-order valence-electron chi connectivity index (χ3n) is 3.98. The first-order valence-electron chi connectivity index (χ1n) is 7.56. The van der Waals surface area contributed by atoms with Crippen LogP contribution in [0.5, 0.6) is 5.75 Å². The molecule has 1 saturated heterocycles. The van der Waals surface area contributed by atoms with Crippen molar-refractivity contribution in [3.63, 3.8) is 0 Å². The van der Waals surface area contributed by atoms with Gasteiger partial charge in [0.15, 0.2) is 0 Å². The highest BCUT2D eigenvalue weighted by Crippen LogP contribution is 2.16. The SMILES string of the molecule is O=C1[C@@H](NCc2cccc(O)c2)CCN1Cc1ccccc1. The normalized spacial score (nSPS) is 17.9. The smallest absolute Gasteiger partial charge is 0.240 e. The summed E-state index contributed by atoms with van der Waals surface area (Å²) in [5.41, 5.74) is 2.14. The number of aromatic hydroxyl groups is 1. The maximum Gasteiger partial charge on any atom is 0.240 e. The first-order valence-corrected chi connectivity index (χ1v) is 7.56. The molecule has 0 bridgehead atoms. The van der Waals surface area contributed by atoms with Gasteiger partial charge in [0.25, 0.3) is 0 Å². The Kier molecular flexibility index (Phi) is 4.39. The lowest BCUT2D eigenvalue weighted by Gasteiger charge is -2.17. The maximum atomic E-state index is 12.4. The van der Waals surface area contributed by atoms with Crippen molar-refractivity contribution in [3.05, 3.63) is 65.7 Å². The van der Waals surface area contributed by atoms with Gasteiger partial charge in [0.05, 0.1) is 6.04 Å². The molecular weight excluding hydrogens is 276 g/mol. The molecule has 0 spiro atoms. The summed E-state index contributed by atoms with van der Waals surface area (Å²) in [6.45, 7) is 2.04. The Balaban J connectivity index is 1.55. The van der Waals surface area contributed by atoms with Crippen LogP contribution in [-0.2, 0) is 17.9 Å². The van der Waals surface area contributed by atoms with Crippen molar-refractivity contribution in [2.75, 3.05) is 6.54 Å². The van der Waals surface area contributed by atoms with Crippen LogP contribution in [0.25, 0.3) is 0 Å². The van der Waals surface area contributed by atoms with Gasteiger partial charge in [-0.15, -0.1) is 0 Å². The average Bonchev–Trinajstić information content (AvgIpc) is 2.87. The zero-order chi connectivity index (χ0) is 15.4. The van der Waals surface area contributed by atoms with Crippen molar-refractivity contribution in [2.45, 2.75) is 25.6 Å². The van der Waals surface area contributed by atoms with Crippen LogP contribution in [0.4, 0.5) is 0 Å². The molecule has 0 radical (unpaired) electrons.